The summed E-state index contributed by atoms with van der Waals surface area (Å²) in [5.74, 6) is 1.23. The number of halogens is 1. The van der Waals surface area contributed by atoms with Gasteiger partial charge in [0.15, 0.2) is 11.5 Å². The Hall–Kier alpha value is -1.33. The van der Waals surface area contributed by atoms with Crippen molar-refractivity contribution in [3.8, 4) is 23.0 Å². The summed E-state index contributed by atoms with van der Waals surface area (Å²) in [6.07, 6.45) is 0. The molecule has 6 heteroatoms. The highest BCUT2D eigenvalue weighted by Gasteiger charge is 2.42. The smallest absolute Gasteiger partial charge is 0.203 e. The lowest BCUT2D eigenvalue weighted by Crippen LogP contribution is -2.35. The number of phenolic OH excluding ortho intramolecular Hbond substituents is 1. The first kappa shape index (κ1) is 14.7. The van der Waals surface area contributed by atoms with Crippen LogP contribution in [0.25, 0.3) is 0 Å². The summed E-state index contributed by atoms with van der Waals surface area (Å²) < 4.78 is 16.0. The second kappa shape index (κ2) is 4.74. The highest BCUT2D eigenvalue weighted by atomic mass is 35.5. The number of fused-ring (bicyclic) bond motifs is 1. The molecule has 18 heavy (non-hydrogen) atoms. The van der Waals surface area contributed by atoms with E-state index < -0.39 is 11.6 Å². The minimum absolute atomic E-state index is 0. The molecule has 1 aliphatic heterocycles. The van der Waals surface area contributed by atoms with E-state index >= 15 is 0 Å². The Balaban J connectivity index is 0.00000162. The van der Waals surface area contributed by atoms with Gasteiger partial charge in [0.2, 0.25) is 5.75 Å². The van der Waals surface area contributed by atoms with Crippen molar-refractivity contribution in [2.45, 2.75) is 25.5 Å². The van der Waals surface area contributed by atoms with E-state index in [9.17, 15) is 5.11 Å². The van der Waals surface area contributed by atoms with Crippen molar-refractivity contribution in [2.75, 3.05) is 14.2 Å². The van der Waals surface area contributed by atoms with Gasteiger partial charge in [0, 0.05) is 6.07 Å². The molecule has 2 rings (SSSR count). The van der Waals surface area contributed by atoms with Crippen LogP contribution >= 0.6 is 12.4 Å². The van der Waals surface area contributed by atoms with E-state index in [1.54, 1.807) is 6.07 Å². The predicted molar refractivity (Wildman–Crippen MR) is 70.1 cm³/mol. The van der Waals surface area contributed by atoms with Crippen LogP contribution in [0.5, 0.6) is 23.0 Å². The molecule has 1 unspecified atom stereocenters. The third-order valence-electron chi connectivity index (χ3n) is 3.08. The molecule has 1 heterocycles. The molecule has 1 aromatic rings. The first-order chi connectivity index (χ1) is 7.92. The van der Waals surface area contributed by atoms with Crippen molar-refractivity contribution in [1.29, 1.82) is 0 Å². The zero-order chi connectivity index (χ0) is 12.8. The number of methoxy groups -OCH3 is 2. The molecule has 0 fully saturated rings. The number of hydrogen-bond donors (Lipinski definition) is 2. The van der Waals surface area contributed by atoms with Gasteiger partial charge < -0.3 is 25.1 Å². The molecule has 0 aliphatic carbocycles. The zero-order valence-electron chi connectivity index (χ0n) is 10.8. The molecule has 1 aliphatic rings. The topological polar surface area (TPSA) is 73.9 Å². The summed E-state index contributed by atoms with van der Waals surface area (Å²) in [6, 6.07) is 1.28. The van der Waals surface area contributed by atoms with Crippen molar-refractivity contribution < 1.29 is 19.3 Å². The number of ether oxygens (including phenoxy) is 3. The third-order valence-corrected chi connectivity index (χ3v) is 3.08. The summed E-state index contributed by atoms with van der Waals surface area (Å²) in [4.78, 5) is 0. The lowest BCUT2D eigenvalue weighted by Gasteiger charge is -2.22. The summed E-state index contributed by atoms with van der Waals surface area (Å²) >= 11 is 0. The van der Waals surface area contributed by atoms with Gasteiger partial charge in [0.05, 0.1) is 25.8 Å². The van der Waals surface area contributed by atoms with E-state index in [2.05, 4.69) is 0 Å². The molecule has 0 aromatic heterocycles. The molecule has 1 atom stereocenters. The molecule has 0 radical (unpaired) electrons. The van der Waals surface area contributed by atoms with Gasteiger partial charge in [0.1, 0.15) is 11.4 Å². The minimum Gasteiger partial charge on any atom is -0.504 e. The fourth-order valence-corrected chi connectivity index (χ4v) is 2.05. The highest BCUT2D eigenvalue weighted by Crippen LogP contribution is 2.53. The lowest BCUT2D eigenvalue weighted by molar-refractivity contribution is 0.111. The lowest BCUT2D eigenvalue weighted by atomic mass is 9.94. The zero-order valence-corrected chi connectivity index (χ0v) is 11.6. The first-order valence-electron chi connectivity index (χ1n) is 5.34. The number of aromatic hydroxyl groups is 1. The second-order valence-corrected chi connectivity index (χ2v) is 4.56. The Morgan fingerprint density at radius 2 is 1.94 bits per heavy atom. The average Bonchev–Trinajstić information content (AvgIpc) is 2.49. The van der Waals surface area contributed by atoms with Crippen molar-refractivity contribution >= 4 is 12.4 Å². The number of benzene rings is 1. The predicted octanol–water partition coefficient (Wildman–Crippen LogP) is 2.00. The SMILES string of the molecule is COc1cc2c(c(O)c1OC)C(N)C(C)(C)O2.Cl. The fourth-order valence-electron chi connectivity index (χ4n) is 2.05. The summed E-state index contributed by atoms with van der Waals surface area (Å²) in [7, 11) is 2.97. The highest BCUT2D eigenvalue weighted by molar-refractivity contribution is 5.85. The Morgan fingerprint density at radius 1 is 1.33 bits per heavy atom. The summed E-state index contributed by atoms with van der Waals surface area (Å²) in [5.41, 5.74) is 6.06. The molecule has 102 valence electrons. The number of nitrogens with two attached hydrogens (primary N) is 1. The van der Waals surface area contributed by atoms with Crippen molar-refractivity contribution in [3.63, 3.8) is 0 Å². The largest absolute Gasteiger partial charge is 0.504 e. The van der Waals surface area contributed by atoms with Crippen LogP contribution in [0.4, 0.5) is 0 Å². The van der Waals surface area contributed by atoms with Gasteiger partial charge in [-0.25, -0.2) is 0 Å². The monoisotopic (exact) mass is 275 g/mol. The first-order valence-corrected chi connectivity index (χ1v) is 5.34. The van der Waals surface area contributed by atoms with Crippen LogP contribution in [0.3, 0.4) is 0 Å². The Kier molecular flexibility index (Phi) is 3.88. The van der Waals surface area contributed by atoms with Crippen molar-refractivity contribution in [2.24, 2.45) is 5.73 Å². The van der Waals surface area contributed by atoms with E-state index in [-0.39, 0.29) is 23.9 Å². The number of rotatable bonds is 2. The van der Waals surface area contributed by atoms with Gasteiger partial charge in [0.25, 0.3) is 0 Å². The van der Waals surface area contributed by atoms with Gasteiger partial charge >= 0.3 is 0 Å². The van der Waals surface area contributed by atoms with E-state index in [0.717, 1.165) is 0 Å². The molecule has 1 aromatic carbocycles. The molecule has 3 N–H and O–H groups in total. The number of phenols is 1. The Bertz CT molecular complexity index is 462. The number of hydrogen-bond acceptors (Lipinski definition) is 5. The van der Waals surface area contributed by atoms with E-state index in [1.165, 1.54) is 14.2 Å². The molecule has 0 amide bonds. The van der Waals surface area contributed by atoms with Crippen LogP contribution in [0.1, 0.15) is 25.5 Å². The van der Waals surface area contributed by atoms with Gasteiger partial charge in [-0.05, 0) is 13.8 Å². The average molecular weight is 276 g/mol. The van der Waals surface area contributed by atoms with Crippen molar-refractivity contribution in [3.05, 3.63) is 11.6 Å². The van der Waals surface area contributed by atoms with Crippen LogP contribution in [-0.2, 0) is 0 Å². The molecule has 5 nitrogen and oxygen atoms in total. The van der Waals surface area contributed by atoms with E-state index in [4.69, 9.17) is 19.9 Å². The maximum absolute atomic E-state index is 10.2. The molecule has 0 spiro atoms. The molecule has 0 saturated carbocycles. The van der Waals surface area contributed by atoms with E-state index in [1.807, 2.05) is 13.8 Å². The molecular formula is C12H18ClNO4. The van der Waals surface area contributed by atoms with Crippen LogP contribution < -0.4 is 19.9 Å². The quantitative estimate of drug-likeness (QED) is 0.864. The molecule has 0 bridgehead atoms. The third kappa shape index (κ3) is 1.93. The normalized spacial score (nSPS) is 19.5. The van der Waals surface area contributed by atoms with Crippen LogP contribution in [0, 0.1) is 0 Å². The molecular weight excluding hydrogens is 258 g/mol. The molecule has 0 saturated heterocycles. The van der Waals surface area contributed by atoms with Gasteiger partial charge in [-0.15, -0.1) is 12.4 Å². The minimum atomic E-state index is -0.558. The maximum atomic E-state index is 10.2. The van der Waals surface area contributed by atoms with Crippen molar-refractivity contribution in [1.82, 2.24) is 0 Å². The maximum Gasteiger partial charge on any atom is 0.203 e. The Labute approximate surface area is 112 Å². The summed E-state index contributed by atoms with van der Waals surface area (Å²) in [5, 5.41) is 10.2. The standard InChI is InChI=1S/C12H17NO4.ClH/c1-12(2)11(13)8-6(17-12)5-7(15-3)10(16-4)9(8)14;/h5,11,14H,13H2,1-4H3;1H. The van der Waals surface area contributed by atoms with E-state index in [0.29, 0.717) is 17.1 Å². The Morgan fingerprint density at radius 3 is 2.44 bits per heavy atom. The van der Waals surface area contributed by atoms with Gasteiger partial charge in [-0.3, -0.25) is 0 Å². The van der Waals surface area contributed by atoms with Gasteiger partial charge in [-0.2, -0.15) is 0 Å². The van der Waals surface area contributed by atoms with Crippen LogP contribution in [0.15, 0.2) is 6.07 Å². The van der Waals surface area contributed by atoms with Crippen LogP contribution in [0.2, 0.25) is 0 Å². The fraction of sp³-hybridized carbons (Fsp3) is 0.500. The second-order valence-electron chi connectivity index (χ2n) is 4.56. The summed E-state index contributed by atoms with van der Waals surface area (Å²) in [6.45, 7) is 3.74. The van der Waals surface area contributed by atoms with Crippen LogP contribution in [-0.4, -0.2) is 24.9 Å². The van der Waals surface area contributed by atoms with Gasteiger partial charge in [-0.1, -0.05) is 0 Å².